The lowest BCUT2D eigenvalue weighted by Crippen LogP contribution is -2.04. The van der Waals surface area contributed by atoms with E-state index in [-0.39, 0.29) is 17.5 Å². The minimum Gasteiger partial charge on any atom is -0.406 e. The molecule has 1 aromatic carbocycles. The van der Waals surface area contributed by atoms with Gasteiger partial charge in [-0.3, -0.25) is 0 Å². The van der Waals surface area contributed by atoms with Crippen molar-refractivity contribution < 1.29 is 8.81 Å². The van der Waals surface area contributed by atoms with E-state index in [1.54, 1.807) is 19.2 Å². The first kappa shape index (κ1) is 12.0. The Morgan fingerprint density at radius 1 is 1.41 bits per heavy atom. The summed E-state index contributed by atoms with van der Waals surface area (Å²) in [6, 6.07) is 4.71. The van der Waals surface area contributed by atoms with Crippen LogP contribution in [0.4, 0.5) is 16.1 Å². The second kappa shape index (κ2) is 5.24. The number of aromatic nitrogens is 2. The van der Waals surface area contributed by atoms with Crippen molar-refractivity contribution in [2.24, 2.45) is 0 Å². The summed E-state index contributed by atoms with van der Waals surface area (Å²) in [5.74, 6) is 0.0481. The normalized spacial score (nSPS) is 10.5. The van der Waals surface area contributed by atoms with Crippen LogP contribution < -0.4 is 10.6 Å². The van der Waals surface area contributed by atoms with E-state index in [9.17, 15) is 4.39 Å². The highest BCUT2D eigenvalue weighted by Crippen LogP contribution is 2.23. The minimum absolute atomic E-state index is 0.159. The molecule has 0 fully saturated rings. The molecule has 2 rings (SSSR count). The van der Waals surface area contributed by atoms with Crippen molar-refractivity contribution in [2.45, 2.75) is 6.54 Å². The van der Waals surface area contributed by atoms with Gasteiger partial charge in [0.25, 0.3) is 0 Å². The number of halogens is 2. The van der Waals surface area contributed by atoms with Crippen molar-refractivity contribution in [3.63, 3.8) is 0 Å². The fraction of sp³-hybridized carbons (Fsp3) is 0.200. The fourth-order valence-corrected chi connectivity index (χ4v) is 1.60. The molecule has 2 N–H and O–H groups in total. The maximum atomic E-state index is 13.4. The Kier molecular flexibility index (Phi) is 3.70. The summed E-state index contributed by atoms with van der Waals surface area (Å²) >= 11 is 3.26. The molecule has 2 aromatic rings. The highest BCUT2D eigenvalue weighted by molar-refractivity contribution is 9.10. The predicted molar refractivity (Wildman–Crippen MR) is 64.4 cm³/mol. The number of benzene rings is 1. The molecule has 0 aliphatic rings. The Hall–Kier alpha value is -1.47. The molecular weight excluding hydrogens is 291 g/mol. The Bertz CT molecular complexity index is 517. The summed E-state index contributed by atoms with van der Waals surface area (Å²) in [4.78, 5) is 0. The average Bonchev–Trinajstić information content (AvgIpc) is 2.72. The number of nitrogens with zero attached hydrogens (tertiary/aromatic N) is 2. The largest absolute Gasteiger partial charge is 0.406 e. The SMILES string of the molecule is CNCc1nnc(Nc2cc(Br)ccc2F)o1. The molecule has 0 aliphatic heterocycles. The molecule has 5 nitrogen and oxygen atoms in total. The van der Waals surface area contributed by atoms with Crippen LogP contribution in [0.3, 0.4) is 0 Å². The topological polar surface area (TPSA) is 63.0 Å². The molecule has 0 radical (unpaired) electrons. The molecule has 0 spiro atoms. The maximum Gasteiger partial charge on any atom is 0.320 e. The number of nitrogens with one attached hydrogen (secondary N) is 2. The van der Waals surface area contributed by atoms with Crippen LogP contribution in [0.25, 0.3) is 0 Å². The summed E-state index contributed by atoms with van der Waals surface area (Å²) < 4.78 is 19.4. The average molecular weight is 301 g/mol. The van der Waals surface area contributed by atoms with Gasteiger partial charge in [-0.05, 0) is 25.2 Å². The second-order valence-corrected chi connectivity index (χ2v) is 4.20. The third-order valence-electron chi connectivity index (χ3n) is 1.96. The lowest BCUT2D eigenvalue weighted by Gasteiger charge is -2.03. The molecule has 0 bridgehead atoms. The van der Waals surface area contributed by atoms with Crippen molar-refractivity contribution in [3.8, 4) is 0 Å². The van der Waals surface area contributed by atoms with Gasteiger partial charge in [-0.25, -0.2) is 4.39 Å². The van der Waals surface area contributed by atoms with E-state index < -0.39 is 0 Å². The van der Waals surface area contributed by atoms with Gasteiger partial charge in [0.05, 0.1) is 12.2 Å². The zero-order valence-electron chi connectivity index (χ0n) is 9.00. The van der Waals surface area contributed by atoms with E-state index in [4.69, 9.17) is 4.42 Å². The molecule has 90 valence electrons. The number of anilines is 2. The van der Waals surface area contributed by atoms with E-state index in [1.807, 2.05) is 0 Å². The number of rotatable bonds is 4. The van der Waals surface area contributed by atoms with Crippen molar-refractivity contribution in [3.05, 3.63) is 34.4 Å². The van der Waals surface area contributed by atoms with Crippen LogP contribution in [0.2, 0.25) is 0 Å². The van der Waals surface area contributed by atoms with Gasteiger partial charge in [0.15, 0.2) is 0 Å². The first-order valence-electron chi connectivity index (χ1n) is 4.88. The van der Waals surface area contributed by atoms with Crippen LogP contribution in [0, 0.1) is 5.82 Å². The van der Waals surface area contributed by atoms with E-state index in [0.29, 0.717) is 12.4 Å². The molecule has 17 heavy (non-hydrogen) atoms. The maximum absolute atomic E-state index is 13.4. The molecule has 0 atom stereocenters. The molecule has 0 saturated carbocycles. The zero-order chi connectivity index (χ0) is 12.3. The molecule has 0 unspecified atom stereocenters. The van der Waals surface area contributed by atoms with E-state index in [2.05, 4.69) is 36.8 Å². The minimum atomic E-state index is -0.387. The summed E-state index contributed by atoms with van der Waals surface area (Å²) in [5.41, 5.74) is 0.277. The summed E-state index contributed by atoms with van der Waals surface area (Å²) in [6.45, 7) is 0.468. The molecule has 0 saturated heterocycles. The molecule has 0 amide bonds. The molecule has 1 aromatic heterocycles. The Morgan fingerprint density at radius 3 is 3.00 bits per heavy atom. The fourth-order valence-electron chi connectivity index (χ4n) is 1.24. The monoisotopic (exact) mass is 300 g/mol. The number of hydrogen-bond acceptors (Lipinski definition) is 5. The van der Waals surface area contributed by atoms with Gasteiger partial charge in [-0.1, -0.05) is 21.0 Å². The lowest BCUT2D eigenvalue weighted by atomic mass is 10.3. The van der Waals surface area contributed by atoms with Crippen LogP contribution in [-0.4, -0.2) is 17.2 Å². The van der Waals surface area contributed by atoms with E-state index >= 15 is 0 Å². The van der Waals surface area contributed by atoms with E-state index in [1.165, 1.54) is 6.07 Å². The molecule has 0 aliphatic carbocycles. The highest BCUT2D eigenvalue weighted by atomic mass is 79.9. The second-order valence-electron chi connectivity index (χ2n) is 3.28. The third kappa shape index (κ3) is 3.01. The van der Waals surface area contributed by atoms with Crippen molar-refractivity contribution in [2.75, 3.05) is 12.4 Å². The smallest absolute Gasteiger partial charge is 0.320 e. The lowest BCUT2D eigenvalue weighted by molar-refractivity contribution is 0.492. The molecule has 1 heterocycles. The van der Waals surface area contributed by atoms with Gasteiger partial charge in [-0.15, -0.1) is 5.10 Å². The van der Waals surface area contributed by atoms with Crippen LogP contribution in [0.15, 0.2) is 27.1 Å². The van der Waals surface area contributed by atoms with Crippen LogP contribution in [-0.2, 0) is 6.54 Å². The summed E-state index contributed by atoms with van der Waals surface area (Å²) in [6.07, 6.45) is 0. The van der Waals surface area contributed by atoms with Crippen LogP contribution in [0.1, 0.15) is 5.89 Å². The quantitative estimate of drug-likeness (QED) is 0.908. The first-order valence-corrected chi connectivity index (χ1v) is 5.67. The highest BCUT2D eigenvalue weighted by Gasteiger charge is 2.08. The predicted octanol–water partition coefficient (Wildman–Crippen LogP) is 2.43. The van der Waals surface area contributed by atoms with Crippen LogP contribution >= 0.6 is 15.9 Å². The summed E-state index contributed by atoms with van der Waals surface area (Å²) in [7, 11) is 1.77. The Morgan fingerprint density at radius 2 is 2.24 bits per heavy atom. The van der Waals surface area contributed by atoms with Crippen molar-refractivity contribution in [1.82, 2.24) is 15.5 Å². The van der Waals surface area contributed by atoms with Gasteiger partial charge in [0, 0.05) is 4.47 Å². The van der Waals surface area contributed by atoms with Gasteiger partial charge >= 0.3 is 6.01 Å². The Labute approximate surface area is 106 Å². The number of hydrogen-bond donors (Lipinski definition) is 2. The van der Waals surface area contributed by atoms with Crippen LogP contribution in [0.5, 0.6) is 0 Å². The molecule has 7 heteroatoms. The first-order chi connectivity index (χ1) is 8.19. The van der Waals surface area contributed by atoms with Gasteiger partial charge in [-0.2, -0.15) is 0 Å². The van der Waals surface area contributed by atoms with Crippen molar-refractivity contribution in [1.29, 1.82) is 0 Å². The Balaban J connectivity index is 2.16. The van der Waals surface area contributed by atoms with Gasteiger partial charge in [0.1, 0.15) is 5.82 Å². The third-order valence-corrected chi connectivity index (χ3v) is 2.46. The summed E-state index contributed by atoms with van der Waals surface area (Å²) in [5, 5.41) is 13.1. The van der Waals surface area contributed by atoms with Gasteiger partial charge < -0.3 is 15.1 Å². The standard InChI is InChI=1S/C10H10BrFN4O/c1-13-5-9-15-16-10(17-9)14-8-4-6(11)2-3-7(8)12/h2-4,13H,5H2,1H3,(H,14,16). The zero-order valence-corrected chi connectivity index (χ0v) is 10.6. The van der Waals surface area contributed by atoms with Gasteiger partial charge in [0.2, 0.25) is 5.89 Å². The van der Waals surface area contributed by atoms with E-state index in [0.717, 1.165) is 4.47 Å². The molecular formula is C10H10BrFN4O. The van der Waals surface area contributed by atoms with Crippen molar-refractivity contribution >= 4 is 27.6 Å².